The van der Waals surface area contributed by atoms with Crippen molar-refractivity contribution in [2.45, 2.75) is 13.0 Å². The van der Waals surface area contributed by atoms with Crippen molar-refractivity contribution in [2.24, 2.45) is 4.99 Å². The predicted octanol–water partition coefficient (Wildman–Crippen LogP) is 3.61. The summed E-state index contributed by atoms with van der Waals surface area (Å²) in [5.74, 6) is -0.798. The Morgan fingerprint density at radius 1 is 1.31 bits per heavy atom. The summed E-state index contributed by atoms with van der Waals surface area (Å²) in [6.07, 6.45) is 1.61. The summed E-state index contributed by atoms with van der Waals surface area (Å²) in [6, 6.07) is 10.5. The van der Waals surface area contributed by atoms with E-state index in [0.29, 0.717) is 27.1 Å². The van der Waals surface area contributed by atoms with Crippen LogP contribution in [0.5, 0.6) is 0 Å². The number of amides is 1. The zero-order chi connectivity index (χ0) is 18.7. The van der Waals surface area contributed by atoms with Gasteiger partial charge in [-0.3, -0.25) is 14.9 Å². The molecule has 3 aromatic rings. The van der Waals surface area contributed by atoms with Gasteiger partial charge in [0, 0.05) is 18.7 Å². The largest absolute Gasteiger partial charge is 0.310 e. The van der Waals surface area contributed by atoms with Crippen molar-refractivity contribution in [1.29, 1.82) is 0 Å². The van der Waals surface area contributed by atoms with Crippen molar-refractivity contribution < 1.29 is 14.1 Å². The number of hydrogen-bond acceptors (Lipinski definition) is 4. The van der Waals surface area contributed by atoms with Gasteiger partial charge in [-0.05, 0) is 17.7 Å². The fourth-order valence-electron chi connectivity index (χ4n) is 2.53. The fraction of sp³-hybridized carbons (Fsp3) is 0.111. The quantitative estimate of drug-likeness (QED) is 0.390. The molecule has 3 rings (SSSR count). The number of benzene rings is 2. The number of para-hydroxylation sites is 1. The van der Waals surface area contributed by atoms with E-state index in [1.54, 1.807) is 22.8 Å². The molecule has 8 heteroatoms. The summed E-state index contributed by atoms with van der Waals surface area (Å²) < 4.78 is 16.4. The van der Waals surface area contributed by atoms with Gasteiger partial charge in [-0.25, -0.2) is 4.39 Å². The van der Waals surface area contributed by atoms with Crippen molar-refractivity contribution in [1.82, 2.24) is 4.57 Å². The summed E-state index contributed by atoms with van der Waals surface area (Å²) in [5.41, 5.74) is 0.966. The normalized spacial score (nSPS) is 11.7. The smallest absolute Gasteiger partial charge is 0.269 e. The van der Waals surface area contributed by atoms with Gasteiger partial charge in [0.1, 0.15) is 5.82 Å². The molecule has 0 fully saturated rings. The first-order valence-corrected chi connectivity index (χ1v) is 8.51. The number of carbonyl (C=O) groups is 1. The van der Waals surface area contributed by atoms with E-state index in [0.717, 1.165) is 0 Å². The molecule has 6 nitrogen and oxygen atoms in total. The highest BCUT2D eigenvalue weighted by atomic mass is 32.1. The summed E-state index contributed by atoms with van der Waals surface area (Å²) in [5, 5.41) is 10.7. The highest BCUT2D eigenvalue weighted by Crippen LogP contribution is 2.20. The summed E-state index contributed by atoms with van der Waals surface area (Å²) >= 11 is 1.22. The average molecular weight is 371 g/mol. The minimum Gasteiger partial charge on any atom is -0.310 e. The molecule has 132 valence electrons. The van der Waals surface area contributed by atoms with Gasteiger partial charge in [-0.2, -0.15) is 4.99 Å². The molecule has 0 unspecified atom stereocenters. The van der Waals surface area contributed by atoms with Crippen molar-refractivity contribution in [3.8, 4) is 0 Å². The Hall–Kier alpha value is -3.13. The molecule has 0 atom stereocenters. The van der Waals surface area contributed by atoms with E-state index in [-0.39, 0.29) is 17.9 Å². The Morgan fingerprint density at radius 3 is 2.69 bits per heavy atom. The molecule has 1 heterocycles. The average Bonchev–Trinajstić information content (AvgIpc) is 2.94. The number of halogens is 1. The molecule has 0 spiro atoms. The molecule has 1 aromatic heterocycles. The van der Waals surface area contributed by atoms with Gasteiger partial charge in [0.25, 0.3) is 11.6 Å². The molecule has 0 aliphatic heterocycles. The third-order valence-corrected chi connectivity index (χ3v) is 4.73. The number of carbonyl (C=O) groups excluding carboxylic acids is 1. The lowest BCUT2D eigenvalue weighted by Gasteiger charge is -2.02. The van der Waals surface area contributed by atoms with Gasteiger partial charge >= 0.3 is 0 Å². The monoisotopic (exact) mass is 371 g/mol. The summed E-state index contributed by atoms with van der Waals surface area (Å²) in [6.45, 7) is 3.99. The number of aromatic nitrogens is 1. The Balaban J connectivity index is 1.94. The van der Waals surface area contributed by atoms with Crippen LogP contribution in [0.3, 0.4) is 0 Å². The van der Waals surface area contributed by atoms with Gasteiger partial charge in [0.05, 0.1) is 21.6 Å². The van der Waals surface area contributed by atoms with Crippen molar-refractivity contribution in [3.63, 3.8) is 0 Å². The Bertz CT molecular complexity index is 1070. The zero-order valence-electron chi connectivity index (χ0n) is 13.6. The van der Waals surface area contributed by atoms with Crippen LogP contribution in [0.1, 0.15) is 5.56 Å². The maximum Gasteiger partial charge on any atom is 0.269 e. The lowest BCUT2D eigenvalue weighted by molar-refractivity contribution is -0.384. The molecule has 0 N–H and O–H groups in total. The van der Waals surface area contributed by atoms with Crippen LogP contribution in [0.15, 0.2) is 60.1 Å². The highest BCUT2D eigenvalue weighted by molar-refractivity contribution is 7.16. The van der Waals surface area contributed by atoms with Crippen LogP contribution >= 0.6 is 11.3 Å². The standard InChI is InChI=1S/C18H14FN3O3S/c1-2-10-21-17-14(19)4-3-5-15(17)26-18(21)20-16(23)11-12-6-8-13(9-7-12)22(24)25/h2-9H,1,10-11H2. The van der Waals surface area contributed by atoms with E-state index in [1.807, 2.05) is 0 Å². The van der Waals surface area contributed by atoms with Crippen LogP contribution in [-0.4, -0.2) is 15.4 Å². The first-order chi connectivity index (χ1) is 12.5. The SMILES string of the molecule is C=CCn1c(=NC(=O)Cc2ccc([N+](=O)[O-])cc2)sc2cccc(F)c21. The third-order valence-electron chi connectivity index (χ3n) is 3.69. The molecule has 0 saturated heterocycles. The Labute approximate surface area is 151 Å². The van der Waals surface area contributed by atoms with Crippen LogP contribution in [0.2, 0.25) is 0 Å². The lowest BCUT2D eigenvalue weighted by atomic mass is 10.1. The van der Waals surface area contributed by atoms with Crippen molar-refractivity contribution in [3.05, 3.63) is 81.4 Å². The third kappa shape index (κ3) is 3.60. The van der Waals surface area contributed by atoms with Crippen molar-refractivity contribution in [2.75, 3.05) is 0 Å². The molecular formula is C18H14FN3O3S. The number of nitrogens with zero attached hydrogens (tertiary/aromatic N) is 3. The van der Waals surface area contributed by atoms with Crippen molar-refractivity contribution >= 4 is 33.1 Å². The van der Waals surface area contributed by atoms with E-state index < -0.39 is 10.8 Å². The molecule has 26 heavy (non-hydrogen) atoms. The van der Waals surface area contributed by atoms with E-state index in [1.165, 1.54) is 41.7 Å². The van der Waals surface area contributed by atoms with Crippen LogP contribution in [0.4, 0.5) is 10.1 Å². The molecule has 0 aliphatic carbocycles. The molecule has 0 radical (unpaired) electrons. The van der Waals surface area contributed by atoms with Gasteiger partial charge in [-0.1, -0.05) is 35.6 Å². The maximum absolute atomic E-state index is 14.1. The fourth-order valence-corrected chi connectivity index (χ4v) is 3.60. The van der Waals surface area contributed by atoms with Crippen LogP contribution < -0.4 is 4.80 Å². The first kappa shape index (κ1) is 17.7. The number of fused-ring (bicyclic) bond motifs is 1. The number of nitro groups is 1. The number of hydrogen-bond donors (Lipinski definition) is 0. The van der Waals surface area contributed by atoms with E-state index in [2.05, 4.69) is 11.6 Å². The summed E-state index contributed by atoms with van der Waals surface area (Å²) in [7, 11) is 0. The van der Waals surface area contributed by atoms with Crippen LogP contribution in [0.25, 0.3) is 10.2 Å². The Kier molecular flexibility index (Phi) is 5.04. The number of thiazole rings is 1. The maximum atomic E-state index is 14.1. The number of non-ortho nitro benzene ring substituents is 1. The minimum atomic E-state index is -0.500. The molecule has 0 saturated carbocycles. The van der Waals surface area contributed by atoms with Crippen LogP contribution in [0, 0.1) is 15.9 Å². The van der Waals surface area contributed by atoms with Gasteiger partial charge < -0.3 is 4.57 Å². The Morgan fingerprint density at radius 2 is 2.04 bits per heavy atom. The molecule has 0 bridgehead atoms. The zero-order valence-corrected chi connectivity index (χ0v) is 14.4. The molecular weight excluding hydrogens is 357 g/mol. The number of rotatable bonds is 5. The van der Waals surface area contributed by atoms with E-state index in [9.17, 15) is 19.3 Å². The van der Waals surface area contributed by atoms with Crippen LogP contribution in [-0.2, 0) is 17.8 Å². The van der Waals surface area contributed by atoms with E-state index in [4.69, 9.17) is 0 Å². The summed E-state index contributed by atoms with van der Waals surface area (Å²) in [4.78, 5) is 26.9. The first-order valence-electron chi connectivity index (χ1n) is 7.69. The van der Waals surface area contributed by atoms with Gasteiger partial charge in [0.15, 0.2) is 4.80 Å². The predicted molar refractivity (Wildman–Crippen MR) is 97.3 cm³/mol. The minimum absolute atomic E-state index is 0.00279. The van der Waals surface area contributed by atoms with Gasteiger partial charge in [0.2, 0.25) is 0 Å². The molecule has 1 amide bonds. The van der Waals surface area contributed by atoms with Gasteiger partial charge in [-0.15, -0.1) is 6.58 Å². The molecule has 2 aromatic carbocycles. The second-order valence-corrected chi connectivity index (χ2v) is 6.49. The number of nitro benzene ring substituents is 1. The second kappa shape index (κ2) is 7.40. The second-order valence-electron chi connectivity index (χ2n) is 5.48. The van der Waals surface area contributed by atoms with E-state index >= 15 is 0 Å². The lowest BCUT2D eigenvalue weighted by Crippen LogP contribution is -2.17. The number of allylic oxidation sites excluding steroid dienone is 1. The molecule has 0 aliphatic rings. The highest BCUT2D eigenvalue weighted by Gasteiger charge is 2.12. The topological polar surface area (TPSA) is 77.5 Å².